The van der Waals surface area contributed by atoms with E-state index in [1.165, 1.54) is 4.31 Å². The van der Waals surface area contributed by atoms with Crippen LogP contribution in [0.15, 0.2) is 23.2 Å². The lowest BCUT2D eigenvalue weighted by Gasteiger charge is -2.34. The summed E-state index contributed by atoms with van der Waals surface area (Å²) in [7, 11) is -3.45. The van der Waals surface area contributed by atoms with Gasteiger partial charge in [-0.05, 0) is 61.6 Å². The van der Waals surface area contributed by atoms with Gasteiger partial charge in [-0.15, -0.1) is 0 Å². The van der Waals surface area contributed by atoms with Gasteiger partial charge in [0.25, 0.3) is 5.91 Å². The van der Waals surface area contributed by atoms with Gasteiger partial charge < -0.3 is 11.1 Å². The predicted molar refractivity (Wildman–Crippen MR) is 132 cm³/mol. The number of nitrogens with one attached hydrogen (secondary N) is 1. The molecule has 1 saturated heterocycles. The van der Waals surface area contributed by atoms with Crippen LogP contribution >= 0.6 is 0 Å². The Morgan fingerprint density at radius 1 is 1.21 bits per heavy atom. The maximum Gasteiger partial charge on any atom is 0.253 e. The maximum absolute atomic E-state index is 13.0. The van der Waals surface area contributed by atoms with Crippen LogP contribution in [0.2, 0.25) is 0 Å². The molecule has 1 aliphatic carbocycles. The fourth-order valence-electron chi connectivity index (χ4n) is 5.46. The summed E-state index contributed by atoms with van der Waals surface area (Å²) >= 11 is 0. The quantitative estimate of drug-likeness (QED) is 0.610. The third-order valence-electron chi connectivity index (χ3n) is 7.76. The first-order chi connectivity index (χ1) is 16.1. The number of amides is 2. The summed E-state index contributed by atoms with van der Waals surface area (Å²) in [6, 6.07) is 5.59. The van der Waals surface area contributed by atoms with E-state index in [4.69, 9.17) is 10.7 Å². The van der Waals surface area contributed by atoms with E-state index in [9.17, 15) is 18.0 Å². The molecule has 2 heterocycles. The highest BCUT2D eigenvalue weighted by atomic mass is 32.2. The summed E-state index contributed by atoms with van der Waals surface area (Å²) in [4.78, 5) is 28.8. The van der Waals surface area contributed by atoms with E-state index in [1.54, 1.807) is 0 Å². The Balaban J connectivity index is 1.35. The number of sulfonamides is 1. The van der Waals surface area contributed by atoms with E-state index in [2.05, 4.69) is 12.2 Å². The van der Waals surface area contributed by atoms with Crippen LogP contribution in [0, 0.1) is 18.8 Å². The SMILES string of the molecule is Cc1cc(CC(N)=O)ccc1CCS(=O)(=O)N1CCC2(CC1)N=C(C1CCC(C)CC1)NC2=O. The fraction of sp³-hybridized carbons (Fsp3) is 0.640. The van der Waals surface area contributed by atoms with Gasteiger partial charge in [0.05, 0.1) is 12.2 Å². The minimum Gasteiger partial charge on any atom is -0.369 e. The summed E-state index contributed by atoms with van der Waals surface area (Å²) in [6.07, 6.45) is 5.84. The minimum absolute atomic E-state index is 0.0109. The zero-order valence-electron chi connectivity index (χ0n) is 20.2. The number of nitrogens with two attached hydrogens (primary N) is 1. The second-order valence-corrected chi connectivity index (χ2v) is 12.4. The molecule has 3 aliphatic rings. The molecule has 2 aliphatic heterocycles. The summed E-state index contributed by atoms with van der Waals surface area (Å²) in [6.45, 7) is 4.80. The van der Waals surface area contributed by atoms with Gasteiger partial charge >= 0.3 is 0 Å². The molecule has 1 aromatic carbocycles. The van der Waals surface area contributed by atoms with Gasteiger partial charge in [0, 0.05) is 19.0 Å². The van der Waals surface area contributed by atoms with Crippen molar-refractivity contribution in [1.29, 1.82) is 0 Å². The highest BCUT2D eigenvalue weighted by Gasteiger charge is 2.48. The van der Waals surface area contributed by atoms with Crippen LogP contribution < -0.4 is 11.1 Å². The van der Waals surface area contributed by atoms with Crippen LogP contribution in [0.25, 0.3) is 0 Å². The average molecular weight is 489 g/mol. The Hall–Kier alpha value is -2.26. The Bertz CT molecular complexity index is 1080. The van der Waals surface area contributed by atoms with Crippen LogP contribution in [-0.2, 0) is 32.5 Å². The zero-order chi connectivity index (χ0) is 24.5. The van der Waals surface area contributed by atoms with Crippen molar-refractivity contribution in [3.8, 4) is 0 Å². The number of benzene rings is 1. The molecular formula is C25H36N4O4S. The molecule has 0 unspecified atom stereocenters. The van der Waals surface area contributed by atoms with Crippen molar-refractivity contribution in [3.05, 3.63) is 34.9 Å². The molecule has 8 nitrogen and oxygen atoms in total. The van der Waals surface area contributed by atoms with E-state index >= 15 is 0 Å². The van der Waals surface area contributed by atoms with Crippen molar-refractivity contribution in [2.24, 2.45) is 22.6 Å². The Morgan fingerprint density at radius 3 is 2.50 bits per heavy atom. The molecule has 2 amide bonds. The Morgan fingerprint density at radius 2 is 1.88 bits per heavy atom. The number of primary amides is 1. The molecule has 3 N–H and O–H groups in total. The van der Waals surface area contributed by atoms with Crippen LogP contribution in [-0.4, -0.2) is 54.8 Å². The highest BCUT2D eigenvalue weighted by Crippen LogP contribution is 2.36. The van der Waals surface area contributed by atoms with E-state index in [0.717, 1.165) is 54.1 Å². The number of carbonyl (C=O) groups is 2. The number of hydrogen-bond acceptors (Lipinski definition) is 5. The number of nitrogens with zero attached hydrogens (tertiary/aromatic N) is 2. The molecule has 4 rings (SSSR count). The average Bonchev–Trinajstić information content (AvgIpc) is 3.09. The molecule has 1 spiro atoms. The van der Waals surface area contributed by atoms with Crippen molar-refractivity contribution in [2.75, 3.05) is 18.8 Å². The standard InChI is InChI=1S/C25H36N4O4S/c1-17-3-6-21(7-4-17)23-27-24(31)25(28-23)10-12-29(13-11-25)34(32,33)14-9-20-8-5-19(15-18(20)2)16-22(26)30/h5,8,15,17,21H,3-4,6-7,9-14,16H2,1-2H3,(H2,26,30)(H,27,28,31). The van der Waals surface area contributed by atoms with E-state index in [-0.39, 0.29) is 18.1 Å². The normalized spacial score (nSPS) is 25.2. The molecule has 0 bridgehead atoms. The molecule has 1 aromatic rings. The second-order valence-electron chi connectivity index (χ2n) is 10.3. The molecular weight excluding hydrogens is 452 g/mol. The zero-order valence-corrected chi connectivity index (χ0v) is 21.0. The van der Waals surface area contributed by atoms with Crippen molar-refractivity contribution < 1.29 is 18.0 Å². The maximum atomic E-state index is 13.0. The van der Waals surface area contributed by atoms with E-state index < -0.39 is 21.5 Å². The predicted octanol–water partition coefficient (Wildman–Crippen LogP) is 2.08. The van der Waals surface area contributed by atoms with E-state index in [0.29, 0.717) is 38.3 Å². The molecule has 9 heteroatoms. The Labute approximate surface area is 202 Å². The Kier molecular flexibility index (Phi) is 7.14. The number of hydrogen-bond donors (Lipinski definition) is 2. The summed E-state index contributed by atoms with van der Waals surface area (Å²) < 4.78 is 27.6. The minimum atomic E-state index is -3.45. The number of piperidine rings is 1. The van der Waals surface area contributed by atoms with Crippen LogP contribution in [0.5, 0.6) is 0 Å². The third-order valence-corrected chi connectivity index (χ3v) is 9.63. The molecule has 0 atom stereocenters. The lowest BCUT2D eigenvalue weighted by molar-refractivity contribution is -0.125. The van der Waals surface area contributed by atoms with Gasteiger partial charge in [-0.2, -0.15) is 0 Å². The molecule has 0 aromatic heterocycles. The van der Waals surface area contributed by atoms with Gasteiger partial charge in [0.2, 0.25) is 15.9 Å². The summed E-state index contributed by atoms with van der Waals surface area (Å²) in [5, 5.41) is 3.04. The number of aryl methyl sites for hydroxylation is 2. The fourth-order valence-corrected chi connectivity index (χ4v) is 6.93. The molecule has 1 saturated carbocycles. The first-order valence-corrected chi connectivity index (χ1v) is 13.9. The van der Waals surface area contributed by atoms with Crippen molar-refractivity contribution in [2.45, 2.75) is 70.8 Å². The van der Waals surface area contributed by atoms with Crippen molar-refractivity contribution in [1.82, 2.24) is 9.62 Å². The topological polar surface area (TPSA) is 122 Å². The van der Waals surface area contributed by atoms with Gasteiger partial charge in [0.1, 0.15) is 11.4 Å². The molecule has 34 heavy (non-hydrogen) atoms. The smallest absolute Gasteiger partial charge is 0.253 e. The second kappa shape index (κ2) is 9.77. The van der Waals surface area contributed by atoms with Crippen molar-refractivity contribution in [3.63, 3.8) is 0 Å². The molecule has 0 radical (unpaired) electrons. The lowest BCUT2D eigenvalue weighted by Crippen LogP contribution is -2.51. The number of carbonyl (C=O) groups excluding carboxylic acids is 2. The van der Waals surface area contributed by atoms with Gasteiger partial charge in [0.15, 0.2) is 0 Å². The number of rotatable bonds is 7. The van der Waals surface area contributed by atoms with Gasteiger partial charge in [-0.25, -0.2) is 12.7 Å². The monoisotopic (exact) mass is 488 g/mol. The number of amidine groups is 1. The van der Waals surface area contributed by atoms with Crippen LogP contribution in [0.3, 0.4) is 0 Å². The summed E-state index contributed by atoms with van der Waals surface area (Å²) in [5.74, 6) is 1.43. The van der Waals surface area contributed by atoms with Crippen LogP contribution in [0.1, 0.15) is 62.1 Å². The number of aliphatic imine (C=N–C) groups is 1. The largest absolute Gasteiger partial charge is 0.369 e. The summed E-state index contributed by atoms with van der Waals surface area (Å²) in [5.41, 5.74) is 7.17. The van der Waals surface area contributed by atoms with Crippen molar-refractivity contribution >= 4 is 27.7 Å². The van der Waals surface area contributed by atoms with Gasteiger partial charge in [-0.1, -0.05) is 38.0 Å². The van der Waals surface area contributed by atoms with Gasteiger partial charge in [-0.3, -0.25) is 14.6 Å². The van der Waals surface area contributed by atoms with E-state index in [1.807, 2.05) is 25.1 Å². The first kappa shape index (κ1) is 24.9. The molecule has 186 valence electrons. The van der Waals surface area contributed by atoms with Crippen LogP contribution in [0.4, 0.5) is 0 Å². The third kappa shape index (κ3) is 5.35. The first-order valence-electron chi connectivity index (χ1n) is 12.3. The highest BCUT2D eigenvalue weighted by molar-refractivity contribution is 7.89. The molecule has 2 fully saturated rings. The lowest BCUT2D eigenvalue weighted by atomic mass is 9.82.